The van der Waals surface area contributed by atoms with E-state index in [-0.39, 0.29) is 17.6 Å². The lowest BCUT2D eigenvalue weighted by Gasteiger charge is -2.14. The first kappa shape index (κ1) is 17.6. The number of Topliss-reactive ketones (excluding diaryl/α,β-unsaturated/α-hetero) is 1. The summed E-state index contributed by atoms with van der Waals surface area (Å²) in [5, 5.41) is 0. The molecule has 4 rings (SSSR count). The molecule has 2 amide bonds. The number of benzene rings is 2. The number of para-hydroxylation sites is 1. The Morgan fingerprint density at radius 1 is 1.00 bits per heavy atom. The molecular formula is C20H14N2O3S2. The topological polar surface area (TPSA) is 57.7 Å². The third kappa shape index (κ3) is 2.70. The predicted molar refractivity (Wildman–Crippen MR) is 111 cm³/mol. The summed E-state index contributed by atoms with van der Waals surface area (Å²) in [5.74, 6) is -0.595. The van der Waals surface area contributed by atoms with Gasteiger partial charge < -0.3 is 4.90 Å². The van der Waals surface area contributed by atoms with Gasteiger partial charge in [-0.2, -0.15) is 0 Å². The van der Waals surface area contributed by atoms with Crippen molar-refractivity contribution in [1.82, 2.24) is 0 Å². The van der Waals surface area contributed by atoms with Gasteiger partial charge in [-0.15, -0.1) is 0 Å². The number of nitrogens with zero attached hydrogens (tertiary/aromatic N) is 2. The minimum absolute atomic E-state index is 0.0507. The second-order valence-electron chi connectivity index (χ2n) is 6.20. The lowest BCUT2D eigenvalue weighted by atomic mass is 10.1. The van der Waals surface area contributed by atoms with E-state index >= 15 is 0 Å². The Kier molecular flexibility index (Phi) is 4.20. The van der Waals surface area contributed by atoms with Gasteiger partial charge in [-0.05, 0) is 37.3 Å². The van der Waals surface area contributed by atoms with Crippen LogP contribution in [0.15, 0.2) is 53.4 Å². The lowest BCUT2D eigenvalue weighted by molar-refractivity contribution is -0.115. The first-order valence-electron chi connectivity index (χ1n) is 8.19. The number of thiocarbonyl (C=S) groups is 1. The van der Waals surface area contributed by atoms with Crippen molar-refractivity contribution in [1.29, 1.82) is 0 Å². The standard InChI is InChI=1S/C20H14N2O3S2/c1-11(23)12-7-9-13(10-8-12)22-19(25)17(27-20(22)26)16-14-5-3-4-6-15(14)21(2)18(16)24/h3-10H,1-2H3/b17-16-. The van der Waals surface area contributed by atoms with Crippen LogP contribution in [0.25, 0.3) is 5.57 Å². The van der Waals surface area contributed by atoms with E-state index in [4.69, 9.17) is 12.2 Å². The first-order valence-corrected chi connectivity index (χ1v) is 9.41. The van der Waals surface area contributed by atoms with Crippen molar-refractivity contribution in [2.24, 2.45) is 0 Å². The summed E-state index contributed by atoms with van der Waals surface area (Å²) in [6.45, 7) is 1.48. The maximum Gasteiger partial charge on any atom is 0.271 e. The Bertz CT molecular complexity index is 1060. The molecule has 0 radical (unpaired) electrons. The van der Waals surface area contributed by atoms with Gasteiger partial charge >= 0.3 is 0 Å². The minimum Gasteiger partial charge on any atom is -0.311 e. The van der Waals surface area contributed by atoms with E-state index < -0.39 is 0 Å². The molecule has 2 aliphatic heterocycles. The summed E-state index contributed by atoms with van der Waals surface area (Å²) < 4.78 is 0.359. The SMILES string of the molecule is CC(=O)c1ccc(N2C(=O)/C(=C3/C(=O)N(C)c4ccccc43)SC2=S)cc1. The summed E-state index contributed by atoms with van der Waals surface area (Å²) >= 11 is 6.53. The maximum absolute atomic E-state index is 13.1. The van der Waals surface area contributed by atoms with Gasteiger partial charge in [-0.1, -0.05) is 42.2 Å². The van der Waals surface area contributed by atoms with Gasteiger partial charge in [0.05, 0.1) is 21.9 Å². The molecular weight excluding hydrogens is 380 g/mol. The lowest BCUT2D eigenvalue weighted by Crippen LogP contribution is -2.28. The number of rotatable bonds is 2. The van der Waals surface area contributed by atoms with Crippen molar-refractivity contribution < 1.29 is 14.4 Å². The van der Waals surface area contributed by atoms with Crippen LogP contribution in [0.5, 0.6) is 0 Å². The van der Waals surface area contributed by atoms with Crippen molar-refractivity contribution in [3.8, 4) is 0 Å². The zero-order valence-corrected chi connectivity index (χ0v) is 16.2. The number of anilines is 2. The quantitative estimate of drug-likeness (QED) is 0.442. The van der Waals surface area contributed by atoms with Crippen molar-refractivity contribution in [2.45, 2.75) is 6.92 Å². The van der Waals surface area contributed by atoms with E-state index in [9.17, 15) is 14.4 Å². The summed E-state index contributed by atoms with van der Waals surface area (Å²) in [6, 6.07) is 14.1. The van der Waals surface area contributed by atoms with E-state index in [0.717, 1.165) is 23.0 Å². The largest absolute Gasteiger partial charge is 0.311 e. The number of carbonyl (C=O) groups excluding carboxylic acids is 3. The van der Waals surface area contributed by atoms with Crippen molar-refractivity contribution >= 4 is 62.8 Å². The Balaban J connectivity index is 1.79. The van der Waals surface area contributed by atoms with Crippen molar-refractivity contribution in [3.63, 3.8) is 0 Å². The molecule has 2 heterocycles. The number of thioether (sulfide) groups is 1. The molecule has 0 N–H and O–H groups in total. The third-order valence-electron chi connectivity index (χ3n) is 4.58. The normalized spacial score (nSPS) is 19.1. The smallest absolute Gasteiger partial charge is 0.271 e. The van der Waals surface area contributed by atoms with Crippen LogP contribution in [-0.2, 0) is 9.59 Å². The van der Waals surface area contributed by atoms with Gasteiger partial charge in [0, 0.05) is 18.2 Å². The molecule has 7 heteroatoms. The number of ketones is 1. The second-order valence-corrected chi connectivity index (χ2v) is 7.84. The molecule has 1 fully saturated rings. The highest BCUT2D eigenvalue weighted by Gasteiger charge is 2.41. The van der Waals surface area contributed by atoms with E-state index in [1.807, 2.05) is 24.3 Å². The zero-order valence-electron chi connectivity index (χ0n) is 14.6. The fourth-order valence-electron chi connectivity index (χ4n) is 3.18. The van der Waals surface area contributed by atoms with Crippen LogP contribution in [0.2, 0.25) is 0 Å². The van der Waals surface area contributed by atoms with Gasteiger partial charge in [-0.3, -0.25) is 19.3 Å². The number of carbonyl (C=O) groups is 3. The first-order chi connectivity index (χ1) is 12.9. The van der Waals surface area contributed by atoms with Gasteiger partial charge in [0.1, 0.15) is 0 Å². The Hall–Kier alpha value is -2.77. The molecule has 0 aliphatic carbocycles. The van der Waals surface area contributed by atoms with Crippen LogP contribution in [-0.4, -0.2) is 29.0 Å². The number of fused-ring (bicyclic) bond motifs is 1. The highest BCUT2D eigenvalue weighted by Crippen LogP contribution is 2.44. The number of amides is 2. The van der Waals surface area contributed by atoms with E-state index in [1.165, 1.54) is 11.8 Å². The molecule has 0 atom stereocenters. The molecule has 27 heavy (non-hydrogen) atoms. The maximum atomic E-state index is 13.1. The fourth-order valence-corrected chi connectivity index (χ4v) is 4.55. The second kappa shape index (κ2) is 6.44. The summed E-state index contributed by atoms with van der Waals surface area (Å²) in [4.78, 5) is 40.6. The highest BCUT2D eigenvalue weighted by molar-refractivity contribution is 8.27. The van der Waals surface area contributed by atoms with Crippen LogP contribution >= 0.6 is 24.0 Å². The van der Waals surface area contributed by atoms with E-state index in [1.54, 1.807) is 36.2 Å². The molecule has 0 saturated carbocycles. The van der Waals surface area contributed by atoms with Crippen LogP contribution < -0.4 is 9.80 Å². The highest BCUT2D eigenvalue weighted by atomic mass is 32.2. The molecule has 5 nitrogen and oxygen atoms in total. The predicted octanol–water partition coefficient (Wildman–Crippen LogP) is 3.64. The Morgan fingerprint density at radius 2 is 1.67 bits per heavy atom. The minimum atomic E-state index is -0.325. The summed E-state index contributed by atoms with van der Waals surface area (Å²) in [6.07, 6.45) is 0. The Morgan fingerprint density at radius 3 is 2.33 bits per heavy atom. The monoisotopic (exact) mass is 394 g/mol. The number of likely N-dealkylation sites (N-methyl/N-ethyl adjacent to an activating group) is 1. The van der Waals surface area contributed by atoms with Crippen molar-refractivity contribution in [3.05, 3.63) is 64.6 Å². The molecule has 1 saturated heterocycles. The molecule has 2 aliphatic rings. The Labute approximate surface area is 165 Å². The zero-order chi connectivity index (χ0) is 19.3. The van der Waals surface area contributed by atoms with Crippen LogP contribution in [0.1, 0.15) is 22.8 Å². The number of hydrogen-bond donors (Lipinski definition) is 0. The molecule has 2 aromatic rings. The average Bonchev–Trinajstić information content (AvgIpc) is 3.08. The molecule has 2 aromatic carbocycles. The van der Waals surface area contributed by atoms with E-state index in [2.05, 4.69) is 0 Å². The number of hydrogen-bond acceptors (Lipinski definition) is 5. The van der Waals surface area contributed by atoms with Gasteiger partial charge in [0.2, 0.25) is 0 Å². The molecule has 134 valence electrons. The third-order valence-corrected chi connectivity index (χ3v) is 5.95. The van der Waals surface area contributed by atoms with E-state index in [0.29, 0.717) is 26.0 Å². The average molecular weight is 394 g/mol. The summed E-state index contributed by atoms with van der Waals surface area (Å²) in [5.41, 5.74) is 3.02. The summed E-state index contributed by atoms with van der Waals surface area (Å²) in [7, 11) is 1.69. The molecule has 0 unspecified atom stereocenters. The van der Waals surface area contributed by atoms with Gasteiger partial charge in [0.25, 0.3) is 11.8 Å². The van der Waals surface area contributed by atoms with Crippen LogP contribution in [0, 0.1) is 0 Å². The molecule has 0 bridgehead atoms. The fraction of sp³-hybridized carbons (Fsp3) is 0.100. The van der Waals surface area contributed by atoms with Crippen LogP contribution in [0.3, 0.4) is 0 Å². The van der Waals surface area contributed by atoms with Gasteiger partial charge in [-0.25, -0.2) is 0 Å². The van der Waals surface area contributed by atoms with Crippen molar-refractivity contribution in [2.75, 3.05) is 16.8 Å². The van der Waals surface area contributed by atoms with Crippen LogP contribution in [0.4, 0.5) is 11.4 Å². The molecule has 0 aromatic heterocycles. The molecule has 0 spiro atoms. The van der Waals surface area contributed by atoms with Gasteiger partial charge in [0.15, 0.2) is 10.1 Å².